The molecule has 5 nitrogen and oxygen atoms in total. The van der Waals surface area contributed by atoms with E-state index in [0.717, 1.165) is 18.4 Å². The third-order valence-corrected chi connectivity index (χ3v) is 3.02. The number of nitrogens with one attached hydrogen (secondary N) is 2. The van der Waals surface area contributed by atoms with Crippen LogP contribution in [0.25, 0.3) is 0 Å². The molecule has 2 amide bonds. The maximum Gasteiger partial charge on any atom is 0.224 e. The van der Waals surface area contributed by atoms with Gasteiger partial charge in [0.25, 0.3) is 0 Å². The molecule has 0 spiro atoms. The van der Waals surface area contributed by atoms with Crippen LogP contribution in [0, 0.1) is 0 Å². The number of nitrogens with two attached hydrogens (primary N) is 1. The summed E-state index contributed by atoms with van der Waals surface area (Å²) in [5.41, 5.74) is 7.19. The highest BCUT2D eigenvalue weighted by Crippen LogP contribution is 2.18. The Bertz CT molecular complexity index is 470. The van der Waals surface area contributed by atoms with Crippen molar-refractivity contribution in [2.75, 3.05) is 12.3 Å². The summed E-state index contributed by atoms with van der Waals surface area (Å²) in [5, 5.41) is 5.60. The number of para-hydroxylation sites is 1. The number of benzene rings is 1. The Morgan fingerprint density at radius 1 is 1.21 bits per heavy atom. The van der Waals surface area contributed by atoms with Crippen molar-refractivity contribution < 1.29 is 9.59 Å². The van der Waals surface area contributed by atoms with Crippen molar-refractivity contribution in [3.63, 3.8) is 0 Å². The number of hydrogen-bond acceptors (Lipinski definition) is 3. The number of rotatable bonds is 6. The van der Waals surface area contributed by atoms with Crippen molar-refractivity contribution in [3.8, 4) is 0 Å². The fourth-order valence-corrected chi connectivity index (χ4v) is 1.77. The summed E-state index contributed by atoms with van der Waals surface area (Å²) in [6, 6.07) is 7.65. The molecular weight excluding hydrogens is 242 g/mol. The van der Waals surface area contributed by atoms with Crippen LogP contribution in [0.5, 0.6) is 0 Å². The lowest BCUT2D eigenvalue weighted by molar-refractivity contribution is -0.122. The monoisotopic (exact) mass is 261 g/mol. The van der Waals surface area contributed by atoms with E-state index in [2.05, 4.69) is 10.6 Å². The first kappa shape index (κ1) is 13.4. The smallest absolute Gasteiger partial charge is 0.224 e. The van der Waals surface area contributed by atoms with Crippen molar-refractivity contribution in [3.05, 3.63) is 29.8 Å². The minimum absolute atomic E-state index is 0.00188. The largest absolute Gasteiger partial charge is 0.398 e. The minimum Gasteiger partial charge on any atom is -0.398 e. The van der Waals surface area contributed by atoms with E-state index in [0.29, 0.717) is 24.7 Å². The van der Waals surface area contributed by atoms with Crippen LogP contribution in [0.3, 0.4) is 0 Å². The molecule has 1 aliphatic rings. The fourth-order valence-electron chi connectivity index (χ4n) is 1.77. The van der Waals surface area contributed by atoms with Gasteiger partial charge in [-0.1, -0.05) is 18.2 Å². The normalized spacial score (nSPS) is 13.9. The summed E-state index contributed by atoms with van der Waals surface area (Å²) in [6.45, 7) is 0.365. The summed E-state index contributed by atoms with van der Waals surface area (Å²) in [5.74, 6) is -0.112. The van der Waals surface area contributed by atoms with Crippen molar-refractivity contribution in [1.29, 1.82) is 0 Å². The second kappa shape index (κ2) is 6.22. The first-order valence-corrected chi connectivity index (χ1v) is 6.54. The second-order valence-electron chi connectivity index (χ2n) is 4.82. The van der Waals surface area contributed by atoms with Crippen LogP contribution in [0.2, 0.25) is 0 Å². The van der Waals surface area contributed by atoms with Crippen LogP contribution < -0.4 is 16.4 Å². The van der Waals surface area contributed by atoms with Crippen LogP contribution in [-0.4, -0.2) is 24.4 Å². The van der Waals surface area contributed by atoms with E-state index in [-0.39, 0.29) is 18.2 Å². The molecule has 0 bridgehead atoms. The van der Waals surface area contributed by atoms with Gasteiger partial charge in [0, 0.05) is 24.7 Å². The zero-order chi connectivity index (χ0) is 13.7. The van der Waals surface area contributed by atoms with E-state index in [4.69, 9.17) is 5.73 Å². The van der Waals surface area contributed by atoms with E-state index in [1.54, 1.807) is 6.07 Å². The van der Waals surface area contributed by atoms with Gasteiger partial charge in [-0.3, -0.25) is 9.59 Å². The van der Waals surface area contributed by atoms with Gasteiger partial charge in [-0.25, -0.2) is 0 Å². The molecule has 0 atom stereocenters. The molecular formula is C14H19N3O2. The molecule has 4 N–H and O–H groups in total. The Labute approximate surface area is 112 Å². The minimum atomic E-state index is -0.114. The average Bonchev–Trinajstić information content (AvgIpc) is 3.16. The summed E-state index contributed by atoms with van der Waals surface area (Å²) in [7, 11) is 0. The highest BCUT2D eigenvalue weighted by atomic mass is 16.2. The highest BCUT2D eigenvalue weighted by molar-refractivity contribution is 5.81. The molecule has 1 aromatic rings. The molecule has 0 aliphatic heterocycles. The number of carbonyl (C=O) groups excluding carboxylic acids is 2. The quantitative estimate of drug-likeness (QED) is 0.655. The number of hydrogen-bond donors (Lipinski definition) is 3. The van der Waals surface area contributed by atoms with E-state index < -0.39 is 0 Å². The SMILES string of the molecule is Nc1ccccc1CC(=O)NCCC(=O)NC1CC1. The van der Waals surface area contributed by atoms with Gasteiger partial charge in [-0.2, -0.15) is 0 Å². The molecule has 1 saturated carbocycles. The van der Waals surface area contributed by atoms with Crippen LogP contribution in [0.4, 0.5) is 5.69 Å². The Balaban J connectivity index is 1.66. The first-order valence-electron chi connectivity index (χ1n) is 6.54. The molecule has 1 fully saturated rings. The van der Waals surface area contributed by atoms with Crippen LogP contribution in [0.15, 0.2) is 24.3 Å². The molecule has 1 aromatic carbocycles. The molecule has 0 heterocycles. The van der Waals surface area contributed by atoms with E-state index >= 15 is 0 Å². The molecule has 0 saturated heterocycles. The lowest BCUT2D eigenvalue weighted by Crippen LogP contribution is -2.32. The lowest BCUT2D eigenvalue weighted by Gasteiger charge is -2.07. The van der Waals surface area contributed by atoms with E-state index in [1.807, 2.05) is 18.2 Å². The van der Waals surface area contributed by atoms with Crippen molar-refractivity contribution >= 4 is 17.5 Å². The van der Waals surface area contributed by atoms with Crippen LogP contribution >= 0.6 is 0 Å². The van der Waals surface area contributed by atoms with Crippen LogP contribution in [-0.2, 0) is 16.0 Å². The van der Waals surface area contributed by atoms with Gasteiger partial charge in [0.05, 0.1) is 6.42 Å². The Morgan fingerprint density at radius 3 is 2.63 bits per heavy atom. The summed E-state index contributed by atoms with van der Waals surface area (Å²) in [4.78, 5) is 23.1. The van der Waals surface area contributed by atoms with Crippen molar-refractivity contribution in [2.24, 2.45) is 0 Å². The number of amides is 2. The first-order chi connectivity index (χ1) is 9.15. The van der Waals surface area contributed by atoms with Gasteiger partial charge < -0.3 is 16.4 Å². The topological polar surface area (TPSA) is 84.2 Å². The number of anilines is 1. The number of nitrogen functional groups attached to an aromatic ring is 1. The van der Waals surface area contributed by atoms with Crippen molar-refractivity contribution in [1.82, 2.24) is 10.6 Å². The van der Waals surface area contributed by atoms with Gasteiger partial charge in [-0.15, -0.1) is 0 Å². The van der Waals surface area contributed by atoms with Gasteiger partial charge in [0.2, 0.25) is 11.8 Å². The van der Waals surface area contributed by atoms with E-state index in [1.165, 1.54) is 0 Å². The van der Waals surface area contributed by atoms with E-state index in [9.17, 15) is 9.59 Å². The summed E-state index contributed by atoms with van der Waals surface area (Å²) >= 11 is 0. The maximum absolute atomic E-state index is 11.7. The predicted molar refractivity (Wildman–Crippen MR) is 73.3 cm³/mol. The van der Waals surface area contributed by atoms with Crippen LogP contribution in [0.1, 0.15) is 24.8 Å². The molecule has 19 heavy (non-hydrogen) atoms. The van der Waals surface area contributed by atoms with Gasteiger partial charge in [-0.05, 0) is 24.5 Å². The molecule has 1 aliphatic carbocycles. The lowest BCUT2D eigenvalue weighted by atomic mass is 10.1. The Morgan fingerprint density at radius 2 is 1.95 bits per heavy atom. The molecule has 0 radical (unpaired) electrons. The molecule has 2 rings (SSSR count). The second-order valence-corrected chi connectivity index (χ2v) is 4.82. The zero-order valence-electron chi connectivity index (χ0n) is 10.8. The summed E-state index contributed by atoms with van der Waals surface area (Å²) < 4.78 is 0. The van der Waals surface area contributed by atoms with Gasteiger partial charge >= 0.3 is 0 Å². The van der Waals surface area contributed by atoms with Gasteiger partial charge in [0.15, 0.2) is 0 Å². The predicted octanol–water partition coefficient (Wildman–Crippen LogP) is 0.596. The molecule has 0 unspecified atom stereocenters. The molecule has 5 heteroatoms. The Kier molecular flexibility index (Phi) is 4.39. The zero-order valence-corrected chi connectivity index (χ0v) is 10.8. The van der Waals surface area contributed by atoms with Crippen molar-refractivity contribution in [2.45, 2.75) is 31.7 Å². The van der Waals surface area contributed by atoms with Gasteiger partial charge in [0.1, 0.15) is 0 Å². The highest BCUT2D eigenvalue weighted by Gasteiger charge is 2.22. The Hall–Kier alpha value is -2.04. The molecule has 0 aromatic heterocycles. The fraction of sp³-hybridized carbons (Fsp3) is 0.429. The third-order valence-electron chi connectivity index (χ3n) is 3.02. The maximum atomic E-state index is 11.7. The summed E-state index contributed by atoms with van der Waals surface area (Å²) in [6.07, 6.45) is 2.72. The molecule has 102 valence electrons. The number of carbonyl (C=O) groups is 2. The average molecular weight is 261 g/mol. The standard InChI is InChI=1S/C14H19N3O2/c15-12-4-2-1-3-10(12)9-14(19)16-8-7-13(18)17-11-5-6-11/h1-4,11H,5-9,15H2,(H,16,19)(H,17,18). The third kappa shape index (κ3) is 4.62.